The third-order valence-electron chi connectivity index (χ3n) is 5.18. The van der Waals surface area contributed by atoms with Crippen molar-refractivity contribution in [1.82, 2.24) is 5.32 Å². The van der Waals surface area contributed by atoms with Crippen molar-refractivity contribution in [2.45, 2.75) is 64.5 Å². The number of ether oxygens (including phenoxy) is 1. The fourth-order valence-corrected chi connectivity index (χ4v) is 4.07. The van der Waals surface area contributed by atoms with Crippen LogP contribution in [0.3, 0.4) is 0 Å². The number of fused-ring (bicyclic) bond motifs is 1. The summed E-state index contributed by atoms with van der Waals surface area (Å²) in [6, 6.07) is 9.07. The Morgan fingerprint density at radius 1 is 1.19 bits per heavy atom. The van der Waals surface area contributed by atoms with E-state index in [9.17, 15) is 0 Å². The van der Waals surface area contributed by atoms with Gasteiger partial charge in [-0.3, -0.25) is 0 Å². The Kier molecular flexibility index (Phi) is 4.84. The lowest BCUT2D eigenvalue weighted by molar-refractivity contribution is 0.0616. The molecule has 2 heteroatoms. The highest BCUT2D eigenvalue weighted by atomic mass is 16.5. The second kappa shape index (κ2) is 6.83. The molecule has 2 nitrogen and oxygen atoms in total. The van der Waals surface area contributed by atoms with Gasteiger partial charge in [-0.1, -0.05) is 44.9 Å². The molecule has 1 fully saturated rings. The van der Waals surface area contributed by atoms with Crippen LogP contribution >= 0.6 is 0 Å². The first-order valence-corrected chi connectivity index (χ1v) is 8.77. The summed E-state index contributed by atoms with van der Waals surface area (Å²) in [5, 5.41) is 3.73. The lowest BCUT2D eigenvalue weighted by Crippen LogP contribution is -2.39. The van der Waals surface area contributed by atoms with Crippen molar-refractivity contribution in [1.29, 1.82) is 0 Å². The highest BCUT2D eigenvalue weighted by Crippen LogP contribution is 2.41. The van der Waals surface area contributed by atoms with Crippen molar-refractivity contribution in [2.75, 3.05) is 6.54 Å². The topological polar surface area (TPSA) is 21.3 Å². The first kappa shape index (κ1) is 14.9. The first-order valence-electron chi connectivity index (χ1n) is 8.77. The van der Waals surface area contributed by atoms with E-state index in [1.54, 1.807) is 0 Å². The molecule has 1 aliphatic carbocycles. The van der Waals surface area contributed by atoms with Gasteiger partial charge in [0, 0.05) is 18.0 Å². The van der Waals surface area contributed by atoms with E-state index in [1.807, 2.05) is 0 Å². The van der Waals surface area contributed by atoms with Gasteiger partial charge in [-0.2, -0.15) is 0 Å². The lowest BCUT2D eigenvalue weighted by atomic mass is 9.77. The predicted octanol–water partition coefficient (Wildman–Crippen LogP) is 4.70. The molecule has 0 spiro atoms. The van der Waals surface area contributed by atoms with E-state index in [0.29, 0.717) is 12.1 Å². The summed E-state index contributed by atoms with van der Waals surface area (Å²) in [6.45, 7) is 5.72. The normalized spacial score (nSPS) is 32.3. The minimum absolute atomic E-state index is 0.400. The van der Waals surface area contributed by atoms with Gasteiger partial charge in [0.2, 0.25) is 0 Å². The van der Waals surface area contributed by atoms with Crippen molar-refractivity contribution in [3.8, 4) is 5.75 Å². The summed E-state index contributed by atoms with van der Waals surface area (Å²) in [7, 11) is 0. The maximum absolute atomic E-state index is 6.39. The van der Waals surface area contributed by atoms with E-state index in [2.05, 4.69) is 43.4 Å². The molecule has 1 aliphatic heterocycles. The minimum atomic E-state index is 0.400. The molecule has 0 bridgehead atoms. The number of nitrogens with one attached hydrogen (secondary N) is 1. The molecule has 1 aromatic carbocycles. The van der Waals surface area contributed by atoms with Gasteiger partial charge in [0.25, 0.3) is 0 Å². The van der Waals surface area contributed by atoms with Crippen LogP contribution in [0.5, 0.6) is 5.75 Å². The maximum atomic E-state index is 6.39. The summed E-state index contributed by atoms with van der Waals surface area (Å²) in [6.07, 6.45) is 8.18. The Morgan fingerprint density at radius 3 is 2.86 bits per heavy atom. The molecule has 1 aromatic rings. The molecule has 4 unspecified atom stereocenters. The average molecular weight is 287 g/mol. The zero-order valence-electron chi connectivity index (χ0n) is 13.5. The Balaban J connectivity index is 1.76. The van der Waals surface area contributed by atoms with Crippen LogP contribution < -0.4 is 10.1 Å². The molecule has 3 rings (SSSR count). The molecular formula is C19H29NO. The fourth-order valence-electron chi connectivity index (χ4n) is 4.07. The van der Waals surface area contributed by atoms with Crippen molar-refractivity contribution >= 4 is 0 Å². The molecular weight excluding hydrogens is 258 g/mol. The van der Waals surface area contributed by atoms with Crippen molar-refractivity contribution in [3.63, 3.8) is 0 Å². The second-order valence-corrected chi connectivity index (χ2v) is 6.97. The standard InChI is InChI=1S/C19H29NO/c1-3-11-20-17-13-19(15-8-6-7-14(2)12-15)21-18-10-5-4-9-16(17)18/h4-5,9-10,14-15,17,19-20H,3,6-8,11-13H2,1-2H3. The highest BCUT2D eigenvalue weighted by Gasteiger charge is 2.34. The number of hydrogen-bond acceptors (Lipinski definition) is 2. The Hall–Kier alpha value is -1.02. The fraction of sp³-hybridized carbons (Fsp3) is 0.684. The Bertz CT molecular complexity index is 459. The third kappa shape index (κ3) is 3.42. The summed E-state index contributed by atoms with van der Waals surface area (Å²) in [4.78, 5) is 0. The SMILES string of the molecule is CCCNC1CC(C2CCCC(C)C2)Oc2ccccc21. The molecule has 21 heavy (non-hydrogen) atoms. The van der Waals surface area contributed by atoms with Gasteiger partial charge in [-0.05, 0) is 43.7 Å². The van der Waals surface area contributed by atoms with Gasteiger partial charge in [-0.25, -0.2) is 0 Å². The summed E-state index contributed by atoms with van der Waals surface area (Å²) in [5.74, 6) is 2.72. The van der Waals surface area contributed by atoms with Crippen LogP contribution in [0, 0.1) is 11.8 Å². The van der Waals surface area contributed by atoms with Crippen molar-refractivity contribution in [2.24, 2.45) is 11.8 Å². The third-order valence-corrected chi connectivity index (χ3v) is 5.18. The molecule has 116 valence electrons. The molecule has 4 atom stereocenters. The van der Waals surface area contributed by atoms with Crippen LogP contribution in [0.2, 0.25) is 0 Å². The van der Waals surface area contributed by atoms with Crippen LogP contribution in [-0.2, 0) is 0 Å². The Morgan fingerprint density at radius 2 is 2.05 bits per heavy atom. The molecule has 1 N–H and O–H groups in total. The first-order chi connectivity index (χ1) is 10.3. The molecule has 1 saturated carbocycles. The van der Waals surface area contributed by atoms with Crippen LogP contribution in [-0.4, -0.2) is 12.6 Å². The molecule has 1 heterocycles. The van der Waals surface area contributed by atoms with Gasteiger partial charge < -0.3 is 10.1 Å². The maximum Gasteiger partial charge on any atom is 0.124 e. The lowest BCUT2D eigenvalue weighted by Gasteiger charge is -2.39. The summed E-state index contributed by atoms with van der Waals surface area (Å²) >= 11 is 0. The monoisotopic (exact) mass is 287 g/mol. The van der Waals surface area contributed by atoms with Crippen LogP contribution in [0.15, 0.2) is 24.3 Å². The zero-order valence-corrected chi connectivity index (χ0v) is 13.5. The van der Waals surface area contributed by atoms with E-state index >= 15 is 0 Å². The van der Waals surface area contributed by atoms with Gasteiger partial charge in [0.15, 0.2) is 0 Å². The number of rotatable bonds is 4. The van der Waals surface area contributed by atoms with Crippen LogP contribution in [0.25, 0.3) is 0 Å². The van der Waals surface area contributed by atoms with Crippen molar-refractivity contribution < 1.29 is 4.74 Å². The smallest absolute Gasteiger partial charge is 0.124 e. The van der Waals surface area contributed by atoms with Gasteiger partial charge in [0.05, 0.1) is 0 Å². The van der Waals surface area contributed by atoms with E-state index in [4.69, 9.17) is 4.74 Å². The minimum Gasteiger partial charge on any atom is -0.490 e. The van der Waals surface area contributed by atoms with Gasteiger partial charge in [0.1, 0.15) is 11.9 Å². The van der Waals surface area contributed by atoms with Gasteiger partial charge >= 0.3 is 0 Å². The quantitative estimate of drug-likeness (QED) is 0.866. The number of para-hydroxylation sites is 1. The number of hydrogen-bond donors (Lipinski definition) is 1. The van der Waals surface area contributed by atoms with E-state index in [0.717, 1.165) is 30.6 Å². The van der Waals surface area contributed by atoms with Gasteiger partial charge in [-0.15, -0.1) is 0 Å². The highest BCUT2D eigenvalue weighted by molar-refractivity contribution is 5.38. The zero-order chi connectivity index (χ0) is 14.7. The molecule has 0 saturated heterocycles. The largest absolute Gasteiger partial charge is 0.490 e. The number of benzene rings is 1. The molecule has 0 aromatic heterocycles. The van der Waals surface area contributed by atoms with Crippen LogP contribution in [0.4, 0.5) is 0 Å². The Labute approximate surface area is 129 Å². The molecule has 2 aliphatic rings. The molecule has 0 amide bonds. The summed E-state index contributed by atoms with van der Waals surface area (Å²) in [5.41, 5.74) is 1.35. The summed E-state index contributed by atoms with van der Waals surface area (Å²) < 4.78 is 6.39. The second-order valence-electron chi connectivity index (χ2n) is 6.97. The predicted molar refractivity (Wildman–Crippen MR) is 87.6 cm³/mol. The molecule has 0 radical (unpaired) electrons. The van der Waals surface area contributed by atoms with E-state index in [1.165, 1.54) is 37.7 Å². The average Bonchev–Trinajstić information content (AvgIpc) is 2.52. The van der Waals surface area contributed by atoms with E-state index in [-0.39, 0.29) is 0 Å². The van der Waals surface area contributed by atoms with Crippen molar-refractivity contribution in [3.05, 3.63) is 29.8 Å². The van der Waals surface area contributed by atoms with E-state index < -0.39 is 0 Å². The van der Waals surface area contributed by atoms with Crippen LogP contribution in [0.1, 0.15) is 64.0 Å².